The van der Waals surface area contributed by atoms with E-state index in [1.54, 1.807) is 7.05 Å². The van der Waals surface area contributed by atoms with Crippen LogP contribution in [0.4, 0.5) is 4.39 Å². The van der Waals surface area contributed by atoms with Gasteiger partial charge in [-0.2, -0.15) is 5.26 Å². The van der Waals surface area contributed by atoms with Crippen LogP contribution in [0.2, 0.25) is 0 Å². The first-order chi connectivity index (χ1) is 8.54. The monoisotopic (exact) mass is 314 g/mol. The maximum absolute atomic E-state index is 13.0. The van der Waals surface area contributed by atoms with Crippen LogP contribution < -0.4 is 4.74 Å². The zero-order valence-corrected chi connectivity index (χ0v) is 11.4. The summed E-state index contributed by atoms with van der Waals surface area (Å²) in [5, 5.41) is 8.40. The Balaban J connectivity index is 2.52. The van der Waals surface area contributed by atoms with Crippen LogP contribution in [-0.4, -0.2) is 31.0 Å². The van der Waals surface area contributed by atoms with Gasteiger partial charge in [0.1, 0.15) is 11.6 Å². The third-order valence-electron chi connectivity index (χ3n) is 2.23. The number of nitriles is 1. The van der Waals surface area contributed by atoms with Gasteiger partial charge in [-0.15, -0.1) is 0 Å². The second kappa shape index (κ2) is 6.97. The molecule has 0 unspecified atom stereocenters. The summed E-state index contributed by atoms with van der Waals surface area (Å²) in [6.45, 7) is 0.160. The molecule has 1 aromatic rings. The van der Waals surface area contributed by atoms with Gasteiger partial charge in [0.15, 0.2) is 6.61 Å². The fraction of sp³-hybridized carbons (Fsp3) is 0.333. The minimum atomic E-state index is -0.432. The third-order valence-corrected chi connectivity index (χ3v) is 2.88. The lowest BCUT2D eigenvalue weighted by Gasteiger charge is -2.16. The first-order valence-electron chi connectivity index (χ1n) is 5.23. The number of carbonyl (C=O) groups excluding carboxylic acids is 1. The van der Waals surface area contributed by atoms with Gasteiger partial charge in [-0.1, -0.05) is 0 Å². The van der Waals surface area contributed by atoms with Crippen molar-refractivity contribution < 1.29 is 13.9 Å². The average molecular weight is 315 g/mol. The topological polar surface area (TPSA) is 53.3 Å². The highest BCUT2D eigenvalue weighted by molar-refractivity contribution is 9.10. The lowest BCUT2D eigenvalue weighted by atomic mass is 10.3. The van der Waals surface area contributed by atoms with E-state index < -0.39 is 5.82 Å². The first-order valence-corrected chi connectivity index (χ1v) is 6.02. The Kier molecular flexibility index (Phi) is 5.59. The molecule has 96 valence electrons. The summed E-state index contributed by atoms with van der Waals surface area (Å²) in [4.78, 5) is 13.0. The van der Waals surface area contributed by atoms with Crippen LogP contribution in [0.5, 0.6) is 5.75 Å². The zero-order valence-electron chi connectivity index (χ0n) is 9.82. The van der Waals surface area contributed by atoms with E-state index in [1.807, 2.05) is 6.07 Å². The molecule has 18 heavy (non-hydrogen) atoms. The molecule has 0 fully saturated rings. The largest absolute Gasteiger partial charge is 0.482 e. The zero-order chi connectivity index (χ0) is 13.5. The smallest absolute Gasteiger partial charge is 0.260 e. The van der Waals surface area contributed by atoms with Crippen LogP contribution in [0.3, 0.4) is 0 Å². The number of ether oxygens (including phenoxy) is 1. The molecular weight excluding hydrogens is 303 g/mol. The molecule has 0 heterocycles. The molecule has 1 amide bonds. The molecule has 0 bridgehead atoms. The van der Waals surface area contributed by atoms with Crippen molar-refractivity contribution in [3.63, 3.8) is 0 Å². The van der Waals surface area contributed by atoms with Gasteiger partial charge in [0.05, 0.1) is 17.0 Å². The molecule has 4 nitrogen and oxygen atoms in total. The maximum Gasteiger partial charge on any atom is 0.260 e. The summed E-state index contributed by atoms with van der Waals surface area (Å²) < 4.78 is 18.8. The predicted molar refractivity (Wildman–Crippen MR) is 67.5 cm³/mol. The van der Waals surface area contributed by atoms with Crippen LogP contribution in [-0.2, 0) is 4.79 Å². The van der Waals surface area contributed by atoms with Gasteiger partial charge < -0.3 is 9.64 Å². The van der Waals surface area contributed by atoms with Crippen molar-refractivity contribution >= 4 is 21.8 Å². The number of rotatable bonds is 5. The van der Waals surface area contributed by atoms with Crippen LogP contribution in [0, 0.1) is 17.1 Å². The molecule has 0 saturated heterocycles. The van der Waals surface area contributed by atoms with Gasteiger partial charge >= 0.3 is 0 Å². The summed E-state index contributed by atoms with van der Waals surface area (Å²) >= 11 is 3.20. The summed E-state index contributed by atoms with van der Waals surface area (Å²) in [7, 11) is 1.59. The summed E-state index contributed by atoms with van der Waals surface area (Å²) in [5.41, 5.74) is 0. The molecule has 0 aliphatic heterocycles. The second-order valence-electron chi connectivity index (χ2n) is 3.59. The Morgan fingerprint density at radius 1 is 1.61 bits per heavy atom. The van der Waals surface area contributed by atoms with Crippen molar-refractivity contribution in [3.8, 4) is 11.8 Å². The molecule has 0 aliphatic carbocycles. The van der Waals surface area contributed by atoms with Gasteiger partial charge in [-0.05, 0) is 28.1 Å². The lowest BCUT2D eigenvalue weighted by molar-refractivity contribution is -0.132. The quantitative estimate of drug-likeness (QED) is 0.838. The minimum absolute atomic E-state index is 0.190. The van der Waals surface area contributed by atoms with Gasteiger partial charge in [0.25, 0.3) is 5.91 Å². The number of amides is 1. The highest BCUT2D eigenvalue weighted by atomic mass is 79.9. The van der Waals surface area contributed by atoms with E-state index >= 15 is 0 Å². The van der Waals surface area contributed by atoms with E-state index in [2.05, 4.69) is 15.9 Å². The van der Waals surface area contributed by atoms with Crippen molar-refractivity contribution in [1.82, 2.24) is 4.90 Å². The van der Waals surface area contributed by atoms with Crippen molar-refractivity contribution in [3.05, 3.63) is 28.5 Å². The summed E-state index contributed by atoms with van der Waals surface area (Å²) in [6, 6.07) is 5.95. The second-order valence-corrected chi connectivity index (χ2v) is 4.44. The van der Waals surface area contributed by atoms with E-state index in [4.69, 9.17) is 10.00 Å². The van der Waals surface area contributed by atoms with Crippen LogP contribution in [0.1, 0.15) is 6.42 Å². The van der Waals surface area contributed by atoms with E-state index in [9.17, 15) is 9.18 Å². The maximum atomic E-state index is 13.0. The molecule has 0 aromatic heterocycles. The molecule has 0 radical (unpaired) electrons. The standard InChI is InChI=1S/C12H12BrFN2O2/c1-16(6-2-5-15)12(17)8-18-11-7-9(14)3-4-10(11)13/h3-4,7H,2,6,8H2,1H3. The number of hydrogen-bond acceptors (Lipinski definition) is 3. The summed E-state index contributed by atoms with van der Waals surface area (Å²) in [6.07, 6.45) is 0.270. The number of halogens is 2. The molecule has 6 heteroatoms. The molecule has 0 N–H and O–H groups in total. The number of carbonyl (C=O) groups is 1. The van der Waals surface area contributed by atoms with Crippen LogP contribution in [0.25, 0.3) is 0 Å². The Morgan fingerprint density at radius 3 is 3.00 bits per heavy atom. The highest BCUT2D eigenvalue weighted by Crippen LogP contribution is 2.25. The molecule has 0 aliphatic rings. The number of benzene rings is 1. The normalized spacial score (nSPS) is 9.67. The SMILES string of the molecule is CN(CCC#N)C(=O)COc1cc(F)ccc1Br. The van der Waals surface area contributed by atoms with Crippen molar-refractivity contribution in [1.29, 1.82) is 5.26 Å². The number of likely N-dealkylation sites (N-methyl/N-ethyl adjacent to an activating group) is 1. The highest BCUT2D eigenvalue weighted by Gasteiger charge is 2.10. The summed E-state index contributed by atoms with van der Waals surface area (Å²) in [5.74, 6) is -0.420. The van der Waals surface area contributed by atoms with E-state index in [1.165, 1.54) is 23.1 Å². The Labute approximate surface area is 113 Å². The molecule has 0 saturated carbocycles. The average Bonchev–Trinajstić information content (AvgIpc) is 2.36. The Morgan fingerprint density at radius 2 is 2.33 bits per heavy atom. The van der Waals surface area contributed by atoms with Crippen LogP contribution >= 0.6 is 15.9 Å². The van der Waals surface area contributed by atoms with Crippen molar-refractivity contribution in [2.75, 3.05) is 20.2 Å². The molecule has 0 spiro atoms. The van der Waals surface area contributed by atoms with Crippen molar-refractivity contribution in [2.24, 2.45) is 0 Å². The first kappa shape index (κ1) is 14.5. The fourth-order valence-corrected chi connectivity index (χ4v) is 1.54. The fourth-order valence-electron chi connectivity index (χ4n) is 1.18. The van der Waals surface area contributed by atoms with E-state index in [0.29, 0.717) is 11.0 Å². The molecule has 1 rings (SSSR count). The third kappa shape index (κ3) is 4.34. The number of nitrogens with zero attached hydrogens (tertiary/aromatic N) is 2. The van der Waals surface area contributed by atoms with Gasteiger partial charge in [-0.25, -0.2) is 4.39 Å². The van der Waals surface area contributed by atoms with Crippen LogP contribution in [0.15, 0.2) is 22.7 Å². The Bertz CT molecular complexity index is 474. The molecule has 1 aromatic carbocycles. The van der Waals surface area contributed by atoms with Gasteiger partial charge in [0, 0.05) is 19.7 Å². The molecular formula is C12H12BrFN2O2. The van der Waals surface area contributed by atoms with E-state index in [0.717, 1.165) is 0 Å². The minimum Gasteiger partial charge on any atom is -0.482 e. The Hall–Kier alpha value is -1.61. The van der Waals surface area contributed by atoms with Gasteiger partial charge in [-0.3, -0.25) is 4.79 Å². The van der Waals surface area contributed by atoms with Gasteiger partial charge in [0.2, 0.25) is 0 Å². The number of hydrogen-bond donors (Lipinski definition) is 0. The predicted octanol–water partition coefficient (Wildman–Crippen LogP) is 2.34. The molecule has 0 atom stereocenters. The lowest BCUT2D eigenvalue weighted by Crippen LogP contribution is -2.32. The van der Waals surface area contributed by atoms with Crippen molar-refractivity contribution in [2.45, 2.75) is 6.42 Å². The van der Waals surface area contributed by atoms with E-state index in [-0.39, 0.29) is 24.7 Å².